The van der Waals surface area contributed by atoms with Gasteiger partial charge in [-0.25, -0.2) is 30.7 Å². The van der Waals surface area contributed by atoms with E-state index in [0.717, 1.165) is 10.4 Å². The molecule has 0 atom stereocenters. The van der Waals surface area contributed by atoms with Crippen molar-refractivity contribution in [2.75, 3.05) is 28.3 Å². The second-order valence-electron chi connectivity index (χ2n) is 6.00. The predicted molar refractivity (Wildman–Crippen MR) is 119 cm³/mol. The molecule has 0 spiro atoms. The lowest BCUT2D eigenvalue weighted by Crippen LogP contribution is -2.22. The normalized spacial score (nSPS) is 11.4. The summed E-state index contributed by atoms with van der Waals surface area (Å²) in [6, 6.07) is 7.51. The summed E-state index contributed by atoms with van der Waals surface area (Å²) in [5, 5.41) is -0.130. The van der Waals surface area contributed by atoms with Gasteiger partial charge in [0.1, 0.15) is 9.79 Å². The lowest BCUT2D eigenvalue weighted by Gasteiger charge is -2.12. The third-order valence-corrected chi connectivity index (χ3v) is 7.83. The van der Waals surface area contributed by atoms with Gasteiger partial charge in [0, 0.05) is 24.8 Å². The monoisotopic (exact) mass is 545 g/mol. The average Bonchev–Trinajstić information content (AvgIpc) is 2.71. The second kappa shape index (κ2) is 11.3. The van der Waals surface area contributed by atoms with Crippen molar-refractivity contribution >= 4 is 64.9 Å². The van der Waals surface area contributed by atoms with Crippen LogP contribution in [0.1, 0.15) is 20.7 Å². The van der Waals surface area contributed by atoms with Gasteiger partial charge >= 0.3 is 11.9 Å². The zero-order valence-electron chi connectivity index (χ0n) is 17.1. The minimum absolute atomic E-state index is 0.0124. The Morgan fingerprint density at radius 2 is 1.16 bits per heavy atom. The van der Waals surface area contributed by atoms with Gasteiger partial charge in [0.25, 0.3) is 9.05 Å². The number of sulfonamides is 1. The SMILES string of the molecule is COC(=O)c1ccc(S(=O)(=O)Cl)c(Cl)c1.COC(=O)c1ccc(S(=O)(=O)N(C)C)c(Cl)c1. The molecule has 0 fully saturated rings. The van der Waals surface area contributed by atoms with Crippen LogP contribution in [0.4, 0.5) is 0 Å². The van der Waals surface area contributed by atoms with Gasteiger partial charge in [0.05, 0.1) is 35.4 Å². The van der Waals surface area contributed by atoms with E-state index in [4.69, 9.17) is 33.9 Å². The summed E-state index contributed by atoms with van der Waals surface area (Å²) in [6.07, 6.45) is 0. The van der Waals surface area contributed by atoms with Gasteiger partial charge in [-0.1, -0.05) is 23.2 Å². The van der Waals surface area contributed by atoms with E-state index >= 15 is 0 Å². The molecule has 176 valence electrons. The Balaban J connectivity index is 0.000000323. The van der Waals surface area contributed by atoms with E-state index < -0.39 is 31.0 Å². The van der Waals surface area contributed by atoms with Gasteiger partial charge in [0.2, 0.25) is 10.0 Å². The highest BCUT2D eigenvalue weighted by Crippen LogP contribution is 2.26. The molecule has 9 nitrogen and oxygen atoms in total. The van der Waals surface area contributed by atoms with E-state index in [1.807, 2.05) is 0 Å². The molecule has 0 saturated heterocycles. The molecule has 0 radical (unpaired) electrons. The lowest BCUT2D eigenvalue weighted by atomic mass is 10.2. The topological polar surface area (TPSA) is 124 Å². The fraction of sp³-hybridized carbons (Fsp3) is 0.222. The van der Waals surface area contributed by atoms with Crippen LogP contribution in [0.15, 0.2) is 46.2 Å². The number of carbonyl (C=O) groups is 2. The molecule has 0 amide bonds. The number of hydrogen-bond donors (Lipinski definition) is 0. The lowest BCUT2D eigenvalue weighted by molar-refractivity contribution is 0.0592. The molecule has 2 aromatic rings. The summed E-state index contributed by atoms with van der Waals surface area (Å²) in [4.78, 5) is 22.0. The molecular formula is C18H18Cl3NO8S2. The number of benzene rings is 2. The summed E-state index contributed by atoms with van der Waals surface area (Å²) in [5.41, 5.74) is 0.363. The molecule has 0 aliphatic rings. The molecule has 14 heteroatoms. The van der Waals surface area contributed by atoms with E-state index in [-0.39, 0.29) is 31.0 Å². The van der Waals surface area contributed by atoms with Crippen LogP contribution in [0.25, 0.3) is 0 Å². The first-order chi connectivity index (χ1) is 14.7. The van der Waals surface area contributed by atoms with Crippen molar-refractivity contribution in [3.8, 4) is 0 Å². The Bertz CT molecular complexity index is 1230. The molecule has 0 saturated carbocycles. The number of methoxy groups -OCH3 is 2. The van der Waals surface area contributed by atoms with E-state index in [0.29, 0.717) is 0 Å². The van der Waals surface area contributed by atoms with E-state index in [1.54, 1.807) is 0 Å². The molecule has 0 N–H and O–H groups in total. The Morgan fingerprint density at radius 1 is 0.781 bits per heavy atom. The van der Waals surface area contributed by atoms with Gasteiger partial charge in [-0.2, -0.15) is 0 Å². The summed E-state index contributed by atoms with van der Waals surface area (Å²) >= 11 is 11.5. The van der Waals surface area contributed by atoms with Crippen molar-refractivity contribution in [2.24, 2.45) is 0 Å². The molecule has 0 unspecified atom stereocenters. The fourth-order valence-corrected chi connectivity index (χ4v) is 5.04. The van der Waals surface area contributed by atoms with Gasteiger partial charge in [-0.15, -0.1) is 0 Å². The number of rotatable bonds is 5. The first kappa shape index (κ1) is 28.1. The first-order valence-corrected chi connectivity index (χ1v) is 12.8. The van der Waals surface area contributed by atoms with Crippen molar-refractivity contribution < 1.29 is 35.9 Å². The number of ether oxygens (including phenoxy) is 2. The van der Waals surface area contributed by atoms with Crippen LogP contribution in [0, 0.1) is 0 Å². The maximum absolute atomic E-state index is 11.8. The van der Waals surface area contributed by atoms with E-state index in [1.165, 1.54) is 58.6 Å². The highest BCUT2D eigenvalue weighted by molar-refractivity contribution is 8.13. The number of esters is 2. The van der Waals surface area contributed by atoms with Gasteiger partial charge < -0.3 is 9.47 Å². The third-order valence-electron chi connectivity index (χ3n) is 3.73. The molecule has 32 heavy (non-hydrogen) atoms. The fourth-order valence-electron chi connectivity index (χ4n) is 2.09. The number of halogens is 3. The Labute approximate surface area is 200 Å². The van der Waals surface area contributed by atoms with Gasteiger partial charge in [0.15, 0.2) is 0 Å². The molecule has 0 aliphatic heterocycles. The Kier molecular flexibility index (Phi) is 9.94. The number of carbonyl (C=O) groups excluding carboxylic acids is 2. The highest BCUT2D eigenvalue weighted by atomic mass is 35.7. The standard InChI is InChI=1S/C10H12ClNO4S.C8H6Cl2O4S/c1-12(2)17(14,15)9-5-4-7(6-8(9)11)10(13)16-3;1-14-8(11)5-2-3-7(6(9)4-5)15(10,12)13/h4-6H,1-3H3;2-4H,1H3. The maximum Gasteiger partial charge on any atom is 0.337 e. The summed E-state index contributed by atoms with van der Waals surface area (Å²) < 4.78 is 55.6. The van der Waals surface area contributed by atoms with Crippen LogP contribution in [-0.2, 0) is 28.5 Å². The average molecular weight is 547 g/mol. The minimum atomic E-state index is -3.89. The summed E-state index contributed by atoms with van der Waals surface area (Å²) in [5.74, 6) is -1.17. The van der Waals surface area contributed by atoms with Crippen molar-refractivity contribution in [3.63, 3.8) is 0 Å². The summed E-state index contributed by atoms with van der Waals surface area (Å²) in [7, 11) is 2.85. The van der Waals surface area contributed by atoms with Crippen molar-refractivity contribution in [1.29, 1.82) is 0 Å². The Morgan fingerprint density at radius 3 is 1.44 bits per heavy atom. The summed E-state index contributed by atoms with van der Waals surface area (Å²) in [6.45, 7) is 0. The third kappa shape index (κ3) is 7.06. The highest BCUT2D eigenvalue weighted by Gasteiger charge is 2.22. The van der Waals surface area contributed by atoms with Crippen LogP contribution < -0.4 is 0 Å². The van der Waals surface area contributed by atoms with Crippen LogP contribution in [0.5, 0.6) is 0 Å². The number of nitrogens with zero attached hydrogens (tertiary/aromatic N) is 1. The van der Waals surface area contributed by atoms with Gasteiger partial charge in [-0.3, -0.25) is 0 Å². The molecule has 0 heterocycles. The van der Waals surface area contributed by atoms with E-state index in [2.05, 4.69) is 9.47 Å². The maximum atomic E-state index is 11.8. The smallest absolute Gasteiger partial charge is 0.337 e. The number of hydrogen-bond acceptors (Lipinski definition) is 8. The predicted octanol–water partition coefficient (Wildman–Crippen LogP) is 3.43. The minimum Gasteiger partial charge on any atom is -0.465 e. The molecular weight excluding hydrogens is 529 g/mol. The van der Waals surface area contributed by atoms with E-state index in [9.17, 15) is 26.4 Å². The van der Waals surface area contributed by atoms with Crippen molar-refractivity contribution in [2.45, 2.75) is 9.79 Å². The second-order valence-corrected chi connectivity index (χ2v) is 11.5. The molecule has 0 aromatic heterocycles. The van der Waals surface area contributed by atoms with Crippen LogP contribution in [-0.4, -0.2) is 61.4 Å². The first-order valence-electron chi connectivity index (χ1n) is 8.29. The molecule has 0 bridgehead atoms. The van der Waals surface area contributed by atoms with Crippen molar-refractivity contribution in [3.05, 3.63) is 57.6 Å². The van der Waals surface area contributed by atoms with Crippen LogP contribution in [0.3, 0.4) is 0 Å². The molecule has 2 rings (SSSR count). The van der Waals surface area contributed by atoms with Crippen LogP contribution >= 0.6 is 33.9 Å². The zero-order chi connectivity index (χ0) is 24.9. The molecule has 2 aromatic carbocycles. The zero-order valence-corrected chi connectivity index (χ0v) is 21.0. The van der Waals surface area contributed by atoms with Crippen molar-refractivity contribution in [1.82, 2.24) is 4.31 Å². The Hall–Kier alpha value is -1.89. The van der Waals surface area contributed by atoms with Crippen LogP contribution in [0.2, 0.25) is 10.0 Å². The van der Waals surface area contributed by atoms with Gasteiger partial charge in [-0.05, 0) is 36.4 Å². The quantitative estimate of drug-likeness (QED) is 0.413. The largest absolute Gasteiger partial charge is 0.465 e. The molecule has 0 aliphatic carbocycles.